The molecule has 136 valence electrons. The molecular formula is C20H28O4Si. The van der Waals surface area contributed by atoms with Gasteiger partial charge in [-0.25, -0.2) is 0 Å². The van der Waals surface area contributed by atoms with Gasteiger partial charge in [-0.15, -0.1) is 0 Å². The third-order valence-electron chi connectivity index (χ3n) is 5.36. The van der Waals surface area contributed by atoms with E-state index in [1.54, 1.807) is 0 Å². The Morgan fingerprint density at radius 1 is 1.12 bits per heavy atom. The van der Waals surface area contributed by atoms with Crippen molar-refractivity contribution in [3.63, 3.8) is 0 Å². The molecule has 2 rings (SSSR count). The molecule has 0 bridgehead atoms. The van der Waals surface area contributed by atoms with Gasteiger partial charge in [0.15, 0.2) is 5.41 Å². The average molecular weight is 361 g/mol. The Kier molecular flexibility index (Phi) is 5.88. The molecule has 1 fully saturated rings. The van der Waals surface area contributed by atoms with Crippen molar-refractivity contribution in [1.82, 2.24) is 0 Å². The molecule has 5 heteroatoms. The molecule has 25 heavy (non-hydrogen) atoms. The summed E-state index contributed by atoms with van der Waals surface area (Å²) >= 11 is 0. The summed E-state index contributed by atoms with van der Waals surface area (Å²) in [5, 5.41) is 1.34. The van der Waals surface area contributed by atoms with Gasteiger partial charge in [0.1, 0.15) is 8.07 Å². The van der Waals surface area contributed by atoms with Gasteiger partial charge in [-0.2, -0.15) is 0 Å². The highest BCUT2D eigenvalue weighted by atomic mass is 28.3. The number of benzene rings is 1. The monoisotopic (exact) mass is 360 g/mol. The van der Waals surface area contributed by atoms with Gasteiger partial charge in [0, 0.05) is 0 Å². The molecule has 0 N–H and O–H groups in total. The van der Waals surface area contributed by atoms with Crippen molar-refractivity contribution >= 4 is 25.2 Å². The summed E-state index contributed by atoms with van der Waals surface area (Å²) < 4.78 is 9.92. The van der Waals surface area contributed by atoms with Crippen LogP contribution in [0.1, 0.15) is 26.2 Å². The first-order valence-corrected chi connectivity index (χ1v) is 11.8. The van der Waals surface area contributed by atoms with Gasteiger partial charge in [0.05, 0.1) is 14.2 Å². The van der Waals surface area contributed by atoms with Gasteiger partial charge in [-0.1, -0.05) is 66.8 Å². The lowest BCUT2D eigenvalue weighted by molar-refractivity contribution is -0.171. The van der Waals surface area contributed by atoms with Gasteiger partial charge >= 0.3 is 11.9 Å². The minimum absolute atomic E-state index is 0.345. The van der Waals surface area contributed by atoms with Crippen molar-refractivity contribution in [2.24, 2.45) is 11.3 Å². The topological polar surface area (TPSA) is 52.6 Å². The molecule has 1 aromatic carbocycles. The number of esters is 2. The summed E-state index contributed by atoms with van der Waals surface area (Å²) in [6.45, 7) is 6.74. The lowest BCUT2D eigenvalue weighted by Crippen LogP contribution is -2.46. The second-order valence-electron chi connectivity index (χ2n) is 7.49. The highest BCUT2D eigenvalue weighted by molar-refractivity contribution is 6.94. The number of rotatable bonds is 4. The van der Waals surface area contributed by atoms with Crippen molar-refractivity contribution in [2.75, 3.05) is 14.2 Å². The van der Waals surface area contributed by atoms with Crippen molar-refractivity contribution in [1.29, 1.82) is 0 Å². The molecule has 0 radical (unpaired) electrons. The highest BCUT2D eigenvalue weighted by Gasteiger charge is 2.51. The SMILES string of the molecule is COC(=O)C1(C(=O)OC)CCC(C)/C(=C\[Si](C)(C)c2ccccc2)C1. The minimum Gasteiger partial charge on any atom is -0.468 e. The maximum absolute atomic E-state index is 12.4. The van der Waals surface area contributed by atoms with Crippen molar-refractivity contribution in [3.8, 4) is 0 Å². The summed E-state index contributed by atoms with van der Waals surface area (Å²) in [4.78, 5) is 24.9. The zero-order chi connectivity index (χ0) is 18.7. The second kappa shape index (κ2) is 7.56. The highest BCUT2D eigenvalue weighted by Crippen LogP contribution is 2.44. The Labute approximate surface area is 151 Å². The molecular weight excluding hydrogens is 332 g/mol. The third-order valence-corrected chi connectivity index (χ3v) is 8.27. The van der Waals surface area contributed by atoms with E-state index in [0.29, 0.717) is 18.8 Å². The number of ether oxygens (including phenoxy) is 2. The molecule has 0 spiro atoms. The molecule has 0 saturated heterocycles. The summed E-state index contributed by atoms with van der Waals surface area (Å²) in [5.74, 6) is -0.634. The van der Waals surface area contributed by atoms with E-state index < -0.39 is 25.4 Å². The van der Waals surface area contributed by atoms with Gasteiger partial charge < -0.3 is 9.47 Å². The van der Waals surface area contributed by atoms with E-state index in [4.69, 9.17) is 9.47 Å². The number of carbonyl (C=O) groups excluding carboxylic acids is 2. The quantitative estimate of drug-likeness (QED) is 0.470. The second-order valence-corrected chi connectivity index (χ2v) is 11.8. The fourth-order valence-electron chi connectivity index (χ4n) is 3.69. The summed E-state index contributed by atoms with van der Waals surface area (Å²) in [5.41, 5.74) is 2.30. The van der Waals surface area contributed by atoms with Gasteiger partial charge in [-0.3, -0.25) is 9.59 Å². The molecule has 4 nitrogen and oxygen atoms in total. The van der Waals surface area contributed by atoms with Crippen LogP contribution in [-0.4, -0.2) is 34.2 Å². The molecule has 0 aromatic heterocycles. The van der Waals surface area contributed by atoms with E-state index in [-0.39, 0.29) is 0 Å². The molecule has 1 saturated carbocycles. The van der Waals surface area contributed by atoms with E-state index in [1.165, 1.54) is 25.0 Å². The molecule has 1 atom stereocenters. The smallest absolute Gasteiger partial charge is 0.323 e. The molecule has 1 aliphatic carbocycles. The maximum atomic E-state index is 12.4. The molecule has 1 aliphatic rings. The number of hydrogen-bond acceptors (Lipinski definition) is 4. The normalized spacial score (nSPS) is 21.6. The van der Waals surface area contributed by atoms with Crippen LogP contribution in [0.25, 0.3) is 0 Å². The Hall–Kier alpha value is -1.88. The standard InChI is InChI=1S/C20H28O4Si/c1-15-11-12-20(18(21)23-2,19(22)24-3)13-16(15)14-25(4,5)17-9-7-6-8-10-17/h6-10,14-15H,11-13H2,1-5H3/b16-14-. The van der Waals surface area contributed by atoms with E-state index >= 15 is 0 Å². The van der Waals surface area contributed by atoms with Crippen LogP contribution in [0.15, 0.2) is 41.6 Å². The maximum Gasteiger partial charge on any atom is 0.323 e. The fourth-order valence-corrected chi connectivity index (χ4v) is 6.22. The van der Waals surface area contributed by atoms with E-state index in [2.05, 4.69) is 50.0 Å². The summed E-state index contributed by atoms with van der Waals surface area (Å²) in [6.07, 6.45) is 1.63. The number of carbonyl (C=O) groups is 2. The Morgan fingerprint density at radius 3 is 2.20 bits per heavy atom. The average Bonchev–Trinajstić information content (AvgIpc) is 2.62. The van der Waals surface area contributed by atoms with Crippen LogP contribution in [0.5, 0.6) is 0 Å². The number of hydrogen-bond donors (Lipinski definition) is 0. The predicted molar refractivity (Wildman–Crippen MR) is 101 cm³/mol. The Balaban J connectivity index is 2.42. The van der Waals surface area contributed by atoms with E-state index in [9.17, 15) is 9.59 Å². The lowest BCUT2D eigenvalue weighted by atomic mass is 9.68. The molecule has 0 heterocycles. The first kappa shape index (κ1) is 19.4. The number of allylic oxidation sites excluding steroid dienone is 1. The van der Waals surface area contributed by atoms with Gasteiger partial charge in [-0.05, 0) is 25.2 Å². The zero-order valence-corrected chi connectivity index (χ0v) is 16.8. The van der Waals surface area contributed by atoms with Crippen LogP contribution < -0.4 is 5.19 Å². The van der Waals surface area contributed by atoms with Crippen LogP contribution >= 0.6 is 0 Å². The molecule has 1 unspecified atom stereocenters. The molecule has 1 aromatic rings. The van der Waals surface area contributed by atoms with Crippen molar-refractivity contribution < 1.29 is 19.1 Å². The van der Waals surface area contributed by atoms with E-state index in [1.807, 2.05) is 6.07 Å². The Morgan fingerprint density at radius 2 is 1.68 bits per heavy atom. The summed E-state index contributed by atoms with van der Waals surface area (Å²) in [6, 6.07) is 10.4. The van der Waals surface area contributed by atoms with Crippen LogP contribution in [-0.2, 0) is 19.1 Å². The van der Waals surface area contributed by atoms with Crippen LogP contribution in [0.3, 0.4) is 0 Å². The Bertz CT molecular complexity index is 648. The molecule has 0 amide bonds. The number of methoxy groups -OCH3 is 2. The van der Waals surface area contributed by atoms with Crippen molar-refractivity contribution in [3.05, 3.63) is 41.6 Å². The summed E-state index contributed by atoms with van der Waals surface area (Å²) in [7, 11) is 0.834. The van der Waals surface area contributed by atoms with Crippen molar-refractivity contribution in [2.45, 2.75) is 39.3 Å². The predicted octanol–water partition coefficient (Wildman–Crippen LogP) is 3.22. The third kappa shape index (κ3) is 3.87. The van der Waals surface area contributed by atoms with Crippen LogP contribution in [0, 0.1) is 11.3 Å². The van der Waals surface area contributed by atoms with Crippen LogP contribution in [0.4, 0.5) is 0 Å². The van der Waals surface area contributed by atoms with Crippen LogP contribution in [0.2, 0.25) is 13.1 Å². The molecule has 0 aliphatic heterocycles. The lowest BCUT2D eigenvalue weighted by Gasteiger charge is -2.37. The fraction of sp³-hybridized carbons (Fsp3) is 0.500. The first-order chi connectivity index (χ1) is 11.8. The van der Waals surface area contributed by atoms with Gasteiger partial charge in [0.2, 0.25) is 0 Å². The van der Waals surface area contributed by atoms with Gasteiger partial charge in [0.25, 0.3) is 0 Å². The minimum atomic E-state index is -1.83. The largest absolute Gasteiger partial charge is 0.468 e. The zero-order valence-electron chi connectivity index (χ0n) is 15.8. The first-order valence-electron chi connectivity index (χ1n) is 8.71. The van der Waals surface area contributed by atoms with E-state index in [0.717, 1.165) is 6.42 Å².